The number of likely N-dealkylation sites (tertiary alicyclic amines) is 1. The summed E-state index contributed by atoms with van der Waals surface area (Å²) in [5, 5.41) is 23.0. The molecule has 1 fully saturated rings. The number of nitrogens with one attached hydrogen (secondary N) is 2. The predicted molar refractivity (Wildman–Crippen MR) is 228 cm³/mol. The smallest absolute Gasteiger partial charge is 0.413 e. The molecule has 0 saturated carbocycles. The Labute approximate surface area is 341 Å². The predicted octanol–water partition coefficient (Wildman–Crippen LogP) is 7.17. The molecular formula is C43H56N8O6Si. The van der Waals surface area contributed by atoms with Crippen molar-refractivity contribution in [3.05, 3.63) is 89.9 Å². The van der Waals surface area contributed by atoms with E-state index in [0.29, 0.717) is 73.8 Å². The third kappa shape index (κ3) is 9.10. The Morgan fingerprint density at radius 3 is 2.21 bits per heavy atom. The maximum absolute atomic E-state index is 12.4. The van der Waals surface area contributed by atoms with Crippen molar-refractivity contribution in [2.24, 2.45) is 0 Å². The van der Waals surface area contributed by atoms with Crippen molar-refractivity contribution in [2.75, 3.05) is 44.5 Å². The van der Waals surface area contributed by atoms with Gasteiger partial charge in [-0.15, -0.1) is 0 Å². The van der Waals surface area contributed by atoms with Crippen LogP contribution in [0.25, 0.3) is 11.0 Å². The molecule has 1 saturated heterocycles. The van der Waals surface area contributed by atoms with E-state index in [-0.39, 0.29) is 22.9 Å². The Morgan fingerprint density at radius 1 is 0.983 bits per heavy atom. The van der Waals surface area contributed by atoms with E-state index in [1.807, 2.05) is 36.0 Å². The topological polar surface area (TPSA) is 166 Å². The molecule has 2 amide bonds. The Kier molecular flexibility index (Phi) is 13.3. The highest BCUT2D eigenvalue weighted by atomic mass is 28.4. The number of carbonyl (C=O) groups excluding carboxylic acids is 1. The molecule has 14 nitrogen and oxygen atoms in total. The summed E-state index contributed by atoms with van der Waals surface area (Å²) in [4.78, 5) is 39.6. The highest BCUT2D eigenvalue weighted by molar-refractivity contribution is 6.99. The molecular weight excluding hydrogens is 753 g/mol. The van der Waals surface area contributed by atoms with Gasteiger partial charge in [0.1, 0.15) is 16.8 Å². The first kappa shape index (κ1) is 42.1. The van der Waals surface area contributed by atoms with Crippen LogP contribution in [0.1, 0.15) is 82.7 Å². The van der Waals surface area contributed by atoms with Gasteiger partial charge < -0.3 is 29.2 Å². The number of hydrogen-bond donors (Lipinski definition) is 3. The number of fused-ring (bicyclic) bond motifs is 1. The van der Waals surface area contributed by atoms with Gasteiger partial charge in [-0.2, -0.15) is 10.1 Å². The molecule has 0 bridgehead atoms. The van der Waals surface area contributed by atoms with Gasteiger partial charge in [0.05, 0.1) is 26.5 Å². The number of aryl methyl sites for hydroxylation is 1. The van der Waals surface area contributed by atoms with Crippen molar-refractivity contribution in [1.82, 2.24) is 29.6 Å². The van der Waals surface area contributed by atoms with Crippen molar-refractivity contribution >= 4 is 53.7 Å². The second-order valence-corrected chi connectivity index (χ2v) is 20.2. The summed E-state index contributed by atoms with van der Waals surface area (Å²) in [7, 11) is 0.169. The van der Waals surface area contributed by atoms with Crippen molar-refractivity contribution in [1.29, 1.82) is 0 Å². The lowest BCUT2D eigenvalue weighted by atomic mass is 9.93. The molecule has 6 rings (SSSR count). The van der Waals surface area contributed by atoms with Crippen molar-refractivity contribution in [3.63, 3.8) is 0 Å². The monoisotopic (exact) mass is 808 g/mol. The largest absolute Gasteiger partial charge is 0.496 e. The number of rotatable bonds is 15. The number of benzene rings is 2. The molecule has 5 aromatic rings. The lowest BCUT2D eigenvalue weighted by molar-refractivity contribution is 0.131. The fourth-order valence-electron chi connectivity index (χ4n) is 8.13. The summed E-state index contributed by atoms with van der Waals surface area (Å²) < 4.78 is 19.9. The zero-order valence-corrected chi connectivity index (χ0v) is 35.6. The van der Waals surface area contributed by atoms with Crippen LogP contribution in [0.3, 0.4) is 0 Å². The summed E-state index contributed by atoms with van der Waals surface area (Å²) in [6, 6.07) is 23.2. The normalized spacial score (nSPS) is 14.3. The van der Waals surface area contributed by atoms with Crippen LogP contribution in [0.4, 0.5) is 21.4 Å². The fourth-order valence-corrected chi connectivity index (χ4v) is 12.7. The standard InChI is InChI=1S/C43H56N8O6Si/c1-8-15-32(22-25-57-58(43(3,4)5,33-16-11-9-12-17-33)34-18-13-10-14-19-34)45-39-38-37(46-40(47-39)48-41(52)56-7)29(2)49-51(38)28-31-27-44-35(26-36(31)55-6)30-20-23-50(24-21-30)42(53)54/h9-14,16-19,26-27,30,32H,8,15,20-25,28H2,1-7H3,(H,53,54)(H2,45,46,47,48,52). The number of pyridine rings is 1. The molecule has 0 radical (unpaired) electrons. The van der Waals surface area contributed by atoms with Crippen LogP contribution in [0.15, 0.2) is 72.9 Å². The van der Waals surface area contributed by atoms with E-state index in [4.69, 9.17) is 34.0 Å². The number of methoxy groups -OCH3 is 2. The summed E-state index contributed by atoms with van der Waals surface area (Å²) in [5.74, 6) is 1.42. The number of carboxylic acid groups (broad SMARTS) is 1. The molecule has 0 aliphatic carbocycles. The summed E-state index contributed by atoms with van der Waals surface area (Å²) in [6.45, 7) is 12.6. The molecule has 2 aromatic carbocycles. The van der Waals surface area contributed by atoms with Crippen LogP contribution in [0.2, 0.25) is 5.04 Å². The zero-order valence-electron chi connectivity index (χ0n) is 34.6. The van der Waals surface area contributed by atoms with Gasteiger partial charge >= 0.3 is 12.2 Å². The van der Waals surface area contributed by atoms with E-state index < -0.39 is 20.5 Å². The molecule has 4 heterocycles. The molecule has 58 heavy (non-hydrogen) atoms. The molecule has 15 heteroatoms. The Bertz CT molecular complexity index is 2130. The minimum Gasteiger partial charge on any atom is -0.496 e. The van der Waals surface area contributed by atoms with E-state index in [1.54, 1.807) is 7.11 Å². The van der Waals surface area contributed by atoms with E-state index in [2.05, 4.69) is 86.9 Å². The maximum atomic E-state index is 12.4. The lowest BCUT2D eigenvalue weighted by Gasteiger charge is -2.43. The Morgan fingerprint density at radius 2 is 1.64 bits per heavy atom. The number of nitrogens with zero attached hydrogens (tertiary/aromatic N) is 6. The molecule has 1 aliphatic rings. The average molecular weight is 809 g/mol. The number of amides is 2. The lowest BCUT2D eigenvalue weighted by Crippen LogP contribution is -2.66. The van der Waals surface area contributed by atoms with Crippen LogP contribution < -0.4 is 25.7 Å². The molecule has 1 atom stereocenters. The second-order valence-electron chi connectivity index (χ2n) is 15.8. The summed E-state index contributed by atoms with van der Waals surface area (Å²) in [5.41, 5.74) is 3.60. The van der Waals surface area contributed by atoms with E-state index in [0.717, 1.165) is 24.1 Å². The molecule has 1 unspecified atom stereocenters. The maximum Gasteiger partial charge on any atom is 0.413 e. The number of anilines is 2. The summed E-state index contributed by atoms with van der Waals surface area (Å²) >= 11 is 0. The number of aromatic nitrogens is 5. The average Bonchev–Trinajstić information content (AvgIpc) is 3.53. The SMILES string of the molecule is CCCC(CCO[Si](c1ccccc1)(c1ccccc1)C(C)(C)C)Nc1nc(NC(=O)OC)nc2c(C)nn(Cc3cnc(C4CCN(C(=O)O)CC4)cc3OC)c12. The number of carbonyl (C=O) groups is 2. The number of piperidine rings is 1. The van der Waals surface area contributed by atoms with Gasteiger partial charge in [-0.1, -0.05) is 94.8 Å². The van der Waals surface area contributed by atoms with E-state index in [9.17, 15) is 14.7 Å². The van der Waals surface area contributed by atoms with Crippen LogP contribution in [0.5, 0.6) is 5.75 Å². The van der Waals surface area contributed by atoms with Crippen molar-refractivity contribution < 1.29 is 28.6 Å². The number of ether oxygens (including phenoxy) is 2. The zero-order chi connectivity index (χ0) is 41.5. The number of hydrogen-bond acceptors (Lipinski definition) is 10. The highest BCUT2D eigenvalue weighted by Gasteiger charge is 2.50. The Balaban J connectivity index is 1.32. The minimum absolute atomic E-state index is 0.0426. The summed E-state index contributed by atoms with van der Waals surface area (Å²) in [6.07, 6.45) is 4.09. The molecule has 0 spiro atoms. The fraction of sp³-hybridized carbons (Fsp3) is 0.442. The third-order valence-electron chi connectivity index (χ3n) is 11.0. The van der Waals surface area contributed by atoms with Gasteiger partial charge in [-0.05, 0) is 48.0 Å². The van der Waals surface area contributed by atoms with Crippen LogP contribution in [0, 0.1) is 6.92 Å². The quantitative estimate of drug-likeness (QED) is 0.0919. The van der Waals surface area contributed by atoms with Crippen molar-refractivity contribution in [2.45, 2.75) is 90.3 Å². The van der Waals surface area contributed by atoms with Gasteiger partial charge in [0.15, 0.2) is 5.82 Å². The van der Waals surface area contributed by atoms with Gasteiger partial charge in [0, 0.05) is 55.2 Å². The Hall–Kier alpha value is -5.54. The first-order chi connectivity index (χ1) is 27.9. The third-order valence-corrected chi connectivity index (χ3v) is 16.1. The molecule has 3 aromatic heterocycles. The van der Waals surface area contributed by atoms with E-state index in [1.165, 1.54) is 22.4 Å². The highest BCUT2D eigenvalue weighted by Crippen LogP contribution is 2.37. The van der Waals surface area contributed by atoms with Gasteiger partial charge in [0.25, 0.3) is 8.32 Å². The van der Waals surface area contributed by atoms with Gasteiger partial charge in [0.2, 0.25) is 5.95 Å². The second kappa shape index (κ2) is 18.4. The van der Waals surface area contributed by atoms with Crippen molar-refractivity contribution in [3.8, 4) is 5.75 Å². The van der Waals surface area contributed by atoms with Gasteiger partial charge in [-0.25, -0.2) is 14.6 Å². The molecule has 3 N–H and O–H groups in total. The molecule has 1 aliphatic heterocycles. The van der Waals surface area contributed by atoms with Crippen LogP contribution >= 0.6 is 0 Å². The van der Waals surface area contributed by atoms with Gasteiger partial charge in [-0.3, -0.25) is 15.0 Å². The minimum atomic E-state index is -2.76. The van der Waals surface area contributed by atoms with Crippen LogP contribution in [-0.2, 0) is 15.7 Å². The first-order valence-electron chi connectivity index (χ1n) is 20.0. The first-order valence-corrected chi connectivity index (χ1v) is 21.9. The molecule has 308 valence electrons. The van der Waals surface area contributed by atoms with Crippen LogP contribution in [-0.4, -0.2) is 95.2 Å². The van der Waals surface area contributed by atoms with E-state index >= 15 is 0 Å².